The summed E-state index contributed by atoms with van der Waals surface area (Å²) in [4.78, 5) is 16.8. The van der Waals surface area contributed by atoms with Crippen LogP contribution < -0.4 is 10.6 Å². The van der Waals surface area contributed by atoms with E-state index < -0.39 is 6.10 Å². The molecule has 2 rings (SSSR count). The van der Waals surface area contributed by atoms with Gasteiger partial charge in [-0.05, 0) is 12.5 Å². The van der Waals surface area contributed by atoms with Crippen LogP contribution in [-0.2, 0) is 13.0 Å². The maximum absolute atomic E-state index is 11.6. The second kappa shape index (κ2) is 7.75. The maximum atomic E-state index is 11.6. The molecule has 1 heterocycles. The number of urea groups is 1. The largest absolute Gasteiger partial charge is 0.391 e. The first-order valence-corrected chi connectivity index (χ1v) is 7.60. The number of nitrogens with one attached hydrogen (secondary N) is 2. The zero-order valence-corrected chi connectivity index (χ0v) is 12.7. The number of rotatable bonds is 6. The zero-order chi connectivity index (χ0) is 15.1. The van der Waals surface area contributed by atoms with Gasteiger partial charge in [-0.25, -0.2) is 9.78 Å². The van der Waals surface area contributed by atoms with E-state index in [0.717, 1.165) is 15.4 Å². The van der Waals surface area contributed by atoms with Gasteiger partial charge in [0.25, 0.3) is 0 Å². The smallest absolute Gasteiger partial charge is 0.315 e. The van der Waals surface area contributed by atoms with Crippen molar-refractivity contribution in [3.05, 3.63) is 52.0 Å². The van der Waals surface area contributed by atoms with Crippen LogP contribution in [-0.4, -0.2) is 28.8 Å². The average Bonchev–Trinajstić information content (AvgIpc) is 2.90. The van der Waals surface area contributed by atoms with E-state index in [1.165, 1.54) is 0 Å². The summed E-state index contributed by atoms with van der Waals surface area (Å²) in [6.07, 6.45) is 1.68. The first-order chi connectivity index (χ1) is 10.1. The lowest BCUT2D eigenvalue weighted by atomic mass is 10.1. The Kier molecular flexibility index (Phi) is 5.71. The highest BCUT2D eigenvalue weighted by molar-refractivity contribution is 7.11. The molecule has 1 unspecified atom stereocenters. The Hall–Kier alpha value is -1.92. The Balaban J connectivity index is 1.66. The van der Waals surface area contributed by atoms with E-state index in [1.54, 1.807) is 17.5 Å². The lowest BCUT2D eigenvalue weighted by molar-refractivity contribution is 0.170. The summed E-state index contributed by atoms with van der Waals surface area (Å²) in [5.74, 6) is 0. The van der Waals surface area contributed by atoms with Gasteiger partial charge >= 0.3 is 6.03 Å². The Morgan fingerprint density at radius 2 is 2.10 bits per heavy atom. The molecule has 21 heavy (non-hydrogen) atoms. The van der Waals surface area contributed by atoms with Gasteiger partial charge in [0.1, 0.15) is 0 Å². The number of aliphatic hydroxyl groups is 1. The fourth-order valence-electron chi connectivity index (χ4n) is 1.89. The van der Waals surface area contributed by atoms with Gasteiger partial charge in [0.15, 0.2) is 0 Å². The van der Waals surface area contributed by atoms with E-state index in [2.05, 4.69) is 15.6 Å². The molecule has 5 nitrogen and oxygen atoms in total. The molecule has 1 aromatic heterocycles. The van der Waals surface area contributed by atoms with Crippen molar-refractivity contribution >= 4 is 17.4 Å². The third-order valence-electron chi connectivity index (χ3n) is 2.90. The summed E-state index contributed by atoms with van der Waals surface area (Å²) in [7, 11) is 0. The van der Waals surface area contributed by atoms with Crippen molar-refractivity contribution in [1.82, 2.24) is 15.6 Å². The summed E-state index contributed by atoms with van der Waals surface area (Å²) >= 11 is 1.55. The fourth-order valence-corrected chi connectivity index (χ4v) is 2.62. The lowest BCUT2D eigenvalue weighted by Gasteiger charge is -2.12. The molecule has 6 heteroatoms. The molecule has 0 radical (unpaired) electrons. The summed E-state index contributed by atoms with van der Waals surface area (Å²) in [5, 5.41) is 16.3. The molecule has 0 aliphatic rings. The van der Waals surface area contributed by atoms with Crippen molar-refractivity contribution in [3.8, 4) is 0 Å². The van der Waals surface area contributed by atoms with Crippen LogP contribution in [0.5, 0.6) is 0 Å². The Bertz CT molecular complexity index is 571. The standard InChI is InChI=1S/C15H19N3O2S/c1-11-16-9-14(21-11)10-18-15(20)17-8-13(19)7-12-5-3-2-4-6-12/h2-6,9,13,19H,7-8,10H2,1H3,(H2,17,18,20). The predicted molar refractivity (Wildman–Crippen MR) is 83.2 cm³/mol. The average molecular weight is 305 g/mol. The minimum Gasteiger partial charge on any atom is -0.391 e. The van der Waals surface area contributed by atoms with Crippen LogP contribution in [0.25, 0.3) is 0 Å². The monoisotopic (exact) mass is 305 g/mol. The highest BCUT2D eigenvalue weighted by atomic mass is 32.1. The number of hydrogen-bond acceptors (Lipinski definition) is 4. The molecule has 2 amide bonds. The molecule has 112 valence electrons. The fraction of sp³-hybridized carbons (Fsp3) is 0.333. The highest BCUT2D eigenvalue weighted by Gasteiger charge is 2.08. The molecule has 0 aliphatic heterocycles. The number of carbonyl (C=O) groups excluding carboxylic acids is 1. The molecular formula is C15H19N3O2S. The van der Waals surface area contributed by atoms with Crippen LogP contribution in [0.1, 0.15) is 15.4 Å². The minimum absolute atomic E-state index is 0.225. The normalized spacial score (nSPS) is 11.9. The Morgan fingerprint density at radius 1 is 1.33 bits per heavy atom. The SMILES string of the molecule is Cc1ncc(CNC(=O)NCC(O)Cc2ccccc2)s1. The first-order valence-electron chi connectivity index (χ1n) is 6.78. The third-order valence-corrected chi connectivity index (χ3v) is 3.82. The number of benzene rings is 1. The molecule has 0 fully saturated rings. The number of aryl methyl sites for hydroxylation is 1. The van der Waals surface area contributed by atoms with Crippen LogP contribution in [0, 0.1) is 6.92 Å². The summed E-state index contributed by atoms with van der Waals surface area (Å²) < 4.78 is 0. The highest BCUT2D eigenvalue weighted by Crippen LogP contribution is 2.10. The predicted octanol–water partition coefficient (Wildman–Crippen LogP) is 1.85. The van der Waals surface area contributed by atoms with E-state index >= 15 is 0 Å². The summed E-state index contributed by atoms with van der Waals surface area (Å²) in [6.45, 7) is 2.60. The van der Waals surface area contributed by atoms with Gasteiger partial charge in [0.05, 0.1) is 17.7 Å². The van der Waals surface area contributed by atoms with Crippen LogP contribution in [0.4, 0.5) is 4.79 Å². The van der Waals surface area contributed by atoms with E-state index in [1.807, 2.05) is 37.3 Å². The number of hydrogen-bond donors (Lipinski definition) is 3. The van der Waals surface area contributed by atoms with Gasteiger partial charge in [-0.1, -0.05) is 30.3 Å². The molecule has 1 aromatic carbocycles. The summed E-state index contributed by atoms with van der Waals surface area (Å²) in [5.41, 5.74) is 1.05. The van der Waals surface area contributed by atoms with E-state index in [-0.39, 0.29) is 12.6 Å². The van der Waals surface area contributed by atoms with Gasteiger partial charge in [0, 0.05) is 24.0 Å². The molecule has 0 spiro atoms. The Labute approximate surface area is 128 Å². The molecule has 1 atom stereocenters. The second-order valence-corrected chi connectivity index (χ2v) is 6.07. The van der Waals surface area contributed by atoms with Crippen molar-refractivity contribution in [2.75, 3.05) is 6.54 Å². The van der Waals surface area contributed by atoms with Crippen LogP contribution in [0.15, 0.2) is 36.5 Å². The number of amides is 2. The van der Waals surface area contributed by atoms with Crippen molar-refractivity contribution in [1.29, 1.82) is 0 Å². The quantitative estimate of drug-likeness (QED) is 0.762. The molecular weight excluding hydrogens is 286 g/mol. The molecule has 0 aliphatic carbocycles. The van der Waals surface area contributed by atoms with Gasteiger partial charge in [-0.2, -0.15) is 0 Å². The number of aliphatic hydroxyl groups excluding tert-OH is 1. The number of aromatic nitrogens is 1. The van der Waals surface area contributed by atoms with Gasteiger partial charge in [-0.3, -0.25) is 0 Å². The minimum atomic E-state index is -0.594. The van der Waals surface area contributed by atoms with Crippen LogP contribution in [0.2, 0.25) is 0 Å². The van der Waals surface area contributed by atoms with Gasteiger partial charge in [0.2, 0.25) is 0 Å². The van der Waals surface area contributed by atoms with Crippen molar-refractivity contribution in [2.24, 2.45) is 0 Å². The third kappa shape index (κ3) is 5.53. The van der Waals surface area contributed by atoms with Crippen molar-refractivity contribution in [2.45, 2.75) is 26.0 Å². The molecule has 2 aromatic rings. The maximum Gasteiger partial charge on any atom is 0.315 e. The zero-order valence-electron chi connectivity index (χ0n) is 11.9. The molecule has 0 bridgehead atoms. The van der Waals surface area contributed by atoms with E-state index in [0.29, 0.717) is 13.0 Å². The van der Waals surface area contributed by atoms with Crippen LogP contribution in [0.3, 0.4) is 0 Å². The molecule has 0 saturated heterocycles. The van der Waals surface area contributed by atoms with Gasteiger partial charge in [-0.15, -0.1) is 11.3 Å². The van der Waals surface area contributed by atoms with Crippen molar-refractivity contribution < 1.29 is 9.90 Å². The summed E-state index contributed by atoms with van der Waals surface area (Å²) in [6, 6.07) is 9.42. The second-order valence-electron chi connectivity index (χ2n) is 4.75. The van der Waals surface area contributed by atoms with Crippen LogP contribution >= 0.6 is 11.3 Å². The van der Waals surface area contributed by atoms with Crippen molar-refractivity contribution in [3.63, 3.8) is 0 Å². The van der Waals surface area contributed by atoms with E-state index in [4.69, 9.17) is 0 Å². The number of thiazole rings is 1. The lowest BCUT2D eigenvalue weighted by Crippen LogP contribution is -2.39. The number of nitrogens with zero attached hydrogens (tertiary/aromatic N) is 1. The van der Waals surface area contributed by atoms with Gasteiger partial charge < -0.3 is 15.7 Å². The first kappa shape index (κ1) is 15.5. The van der Waals surface area contributed by atoms with E-state index in [9.17, 15) is 9.90 Å². The molecule has 3 N–H and O–H groups in total. The topological polar surface area (TPSA) is 74.2 Å². The number of carbonyl (C=O) groups is 1. The Morgan fingerprint density at radius 3 is 2.76 bits per heavy atom. The molecule has 0 saturated carbocycles.